The van der Waals surface area contributed by atoms with E-state index < -0.39 is 10.2 Å². The van der Waals surface area contributed by atoms with Crippen molar-refractivity contribution in [1.29, 1.82) is 0 Å². The van der Waals surface area contributed by atoms with Crippen LogP contribution in [0.1, 0.15) is 26.3 Å². The molecule has 0 bridgehead atoms. The Morgan fingerprint density at radius 3 is 2.55 bits per heavy atom. The van der Waals surface area contributed by atoms with Crippen molar-refractivity contribution >= 4 is 15.9 Å². The molecule has 0 saturated heterocycles. The second-order valence-corrected chi connectivity index (χ2v) is 9.06. The summed E-state index contributed by atoms with van der Waals surface area (Å²) in [5.41, 5.74) is 4.78. The number of hydrogen-bond donors (Lipinski definition) is 1. The lowest BCUT2D eigenvalue weighted by molar-refractivity contribution is 0.415. The Morgan fingerprint density at radius 2 is 1.86 bits per heavy atom. The zero-order valence-electron chi connectivity index (χ0n) is 17.7. The SMILES string of the molecule is CCN(CC)S(=O)(=O)NCC(C)N1CCc2cc(-c3cccc(OC)c3)ccc21. The van der Waals surface area contributed by atoms with Crippen LogP contribution in [-0.4, -0.2) is 52.1 Å². The molecule has 2 aromatic rings. The molecule has 0 amide bonds. The molecular formula is C22H31N3O3S. The number of rotatable bonds is 9. The number of fused-ring (bicyclic) bond motifs is 1. The molecule has 3 rings (SSSR count). The van der Waals surface area contributed by atoms with Crippen LogP contribution in [0.5, 0.6) is 5.75 Å². The zero-order chi connectivity index (χ0) is 21.0. The molecule has 1 heterocycles. The summed E-state index contributed by atoms with van der Waals surface area (Å²) in [4.78, 5) is 2.29. The smallest absolute Gasteiger partial charge is 0.279 e. The molecular weight excluding hydrogens is 386 g/mol. The van der Waals surface area contributed by atoms with Crippen LogP contribution >= 0.6 is 0 Å². The van der Waals surface area contributed by atoms with Crippen LogP contribution in [0.15, 0.2) is 42.5 Å². The first-order valence-electron chi connectivity index (χ1n) is 10.2. The lowest BCUT2D eigenvalue weighted by Crippen LogP contribution is -2.46. The van der Waals surface area contributed by atoms with Gasteiger partial charge in [0.15, 0.2) is 0 Å². The molecule has 6 nitrogen and oxygen atoms in total. The first-order chi connectivity index (χ1) is 13.9. The molecule has 1 unspecified atom stereocenters. The van der Waals surface area contributed by atoms with Gasteiger partial charge in [0.1, 0.15) is 5.75 Å². The van der Waals surface area contributed by atoms with Crippen molar-refractivity contribution in [3.63, 3.8) is 0 Å². The van der Waals surface area contributed by atoms with E-state index in [0.717, 1.165) is 24.3 Å². The van der Waals surface area contributed by atoms with Crippen LogP contribution in [0.25, 0.3) is 11.1 Å². The lowest BCUT2D eigenvalue weighted by Gasteiger charge is -2.28. The number of methoxy groups -OCH3 is 1. The standard InChI is InChI=1S/C22H31N3O3S/c1-5-24(6-2)29(26,27)23-16-17(3)25-13-12-20-14-19(10-11-22(20)25)18-8-7-9-21(15-18)28-4/h7-11,14-15,17,23H,5-6,12-13,16H2,1-4H3. The first kappa shape index (κ1) is 21.6. The van der Waals surface area contributed by atoms with Crippen LogP contribution in [0.4, 0.5) is 5.69 Å². The van der Waals surface area contributed by atoms with Crippen LogP contribution in [0, 0.1) is 0 Å². The van der Waals surface area contributed by atoms with Gasteiger partial charge in [-0.15, -0.1) is 0 Å². The number of benzene rings is 2. The molecule has 0 radical (unpaired) electrons. The Balaban J connectivity index is 1.72. The highest BCUT2D eigenvalue weighted by Gasteiger charge is 2.26. The van der Waals surface area contributed by atoms with E-state index in [4.69, 9.17) is 4.74 Å². The summed E-state index contributed by atoms with van der Waals surface area (Å²) in [7, 11) is -1.75. The van der Waals surface area contributed by atoms with Gasteiger partial charge >= 0.3 is 0 Å². The minimum atomic E-state index is -3.43. The fraction of sp³-hybridized carbons (Fsp3) is 0.455. The molecule has 0 spiro atoms. The third kappa shape index (κ3) is 4.74. The van der Waals surface area contributed by atoms with Crippen molar-refractivity contribution in [3.05, 3.63) is 48.0 Å². The number of nitrogens with zero attached hydrogens (tertiary/aromatic N) is 2. The van der Waals surface area contributed by atoms with E-state index in [1.54, 1.807) is 7.11 Å². The maximum atomic E-state index is 12.4. The van der Waals surface area contributed by atoms with Gasteiger partial charge in [-0.2, -0.15) is 12.7 Å². The van der Waals surface area contributed by atoms with Crippen molar-refractivity contribution in [3.8, 4) is 16.9 Å². The van der Waals surface area contributed by atoms with Gasteiger partial charge in [-0.05, 0) is 54.3 Å². The molecule has 1 aliphatic rings. The van der Waals surface area contributed by atoms with Crippen molar-refractivity contribution < 1.29 is 13.2 Å². The molecule has 1 N–H and O–H groups in total. The average Bonchev–Trinajstić information content (AvgIpc) is 3.16. The van der Waals surface area contributed by atoms with Gasteiger partial charge in [0.2, 0.25) is 0 Å². The number of hydrogen-bond acceptors (Lipinski definition) is 4. The fourth-order valence-electron chi connectivity index (χ4n) is 3.86. The molecule has 2 aromatic carbocycles. The molecule has 1 atom stereocenters. The zero-order valence-corrected chi connectivity index (χ0v) is 18.5. The largest absolute Gasteiger partial charge is 0.497 e. The fourth-order valence-corrected chi connectivity index (χ4v) is 5.17. The number of anilines is 1. The molecule has 0 saturated carbocycles. The van der Waals surface area contributed by atoms with Crippen LogP contribution in [0.3, 0.4) is 0 Å². The maximum absolute atomic E-state index is 12.4. The second-order valence-electron chi connectivity index (χ2n) is 7.31. The molecule has 0 aromatic heterocycles. The molecule has 0 fully saturated rings. The number of nitrogens with one attached hydrogen (secondary N) is 1. The van der Waals surface area contributed by atoms with Crippen molar-refractivity contribution in [2.24, 2.45) is 0 Å². The topological polar surface area (TPSA) is 61.9 Å². The molecule has 7 heteroatoms. The predicted octanol–water partition coefficient (Wildman–Crippen LogP) is 3.29. The van der Waals surface area contributed by atoms with E-state index in [1.807, 2.05) is 32.0 Å². The Hall–Kier alpha value is -2.09. The Kier molecular flexibility index (Phi) is 6.82. The first-order valence-corrected chi connectivity index (χ1v) is 11.6. The quantitative estimate of drug-likeness (QED) is 0.680. The monoisotopic (exact) mass is 417 g/mol. The normalized spacial score (nSPS) is 14.9. The highest BCUT2D eigenvalue weighted by Crippen LogP contribution is 2.34. The summed E-state index contributed by atoms with van der Waals surface area (Å²) in [5.74, 6) is 0.846. The van der Waals surface area contributed by atoms with E-state index in [0.29, 0.717) is 19.6 Å². The maximum Gasteiger partial charge on any atom is 0.279 e. The van der Waals surface area contributed by atoms with Crippen molar-refractivity contribution in [2.75, 3.05) is 38.2 Å². The van der Waals surface area contributed by atoms with E-state index >= 15 is 0 Å². The Bertz CT molecular complexity index is 942. The predicted molar refractivity (Wildman–Crippen MR) is 119 cm³/mol. The van der Waals surface area contributed by atoms with Gasteiger partial charge in [0, 0.05) is 37.9 Å². The molecule has 1 aliphatic heterocycles. The van der Waals surface area contributed by atoms with Crippen LogP contribution in [-0.2, 0) is 16.6 Å². The van der Waals surface area contributed by atoms with Crippen LogP contribution in [0.2, 0.25) is 0 Å². The van der Waals surface area contributed by atoms with E-state index in [2.05, 4.69) is 40.8 Å². The summed E-state index contributed by atoms with van der Waals surface area (Å²) < 4.78 is 34.3. The Labute approximate surface area is 174 Å². The second kappa shape index (κ2) is 9.15. The lowest BCUT2D eigenvalue weighted by atomic mass is 10.0. The molecule has 158 valence electrons. The van der Waals surface area contributed by atoms with Crippen molar-refractivity contribution in [2.45, 2.75) is 33.2 Å². The van der Waals surface area contributed by atoms with Gasteiger partial charge in [0.25, 0.3) is 10.2 Å². The van der Waals surface area contributed by atoms with Crippen molar-refractivity contribution in [1.82, 2.24) is 9.03 Å². The van der Waals surface area contributed by atoms with Gasteiger partial charge in [-0.1, -0.05) is 32.0 Å². The number of ether oxygens (including phenoxy) is 1. The summed E-state index contributed by atoms with van der Waals surface area (Å²) in [6, 6.07) is 14.6. The van der Waals surface area contributed by atoms with E-state index in [9.17, 15) is 8.42 Å². The third-order valence-corrected chi connectivity index (χ3v) is 7.28. The average molecular weight is 418 g/mol. The van der Waals surface area contributed by atoms with E-state index in [-0.39, 0.29) is 6.04 Å². The van der Waals surface area contributed by atoms with Gasteiger partial charge in [-0.3, -0.25) is 0 Å². The van der Waals surface area contributed by atoms with Gasteiger partial charge in [-0.25, -0.2) is 4.72 Å². The Morgan fingerprint density at radius 1 is 1.14 bits per heavy atom. The third-order valence-electron chi connectivity index (χ3n) is 5.55. The van der Waals surface area contributed by atoms with E-state index in [1.165, 1.54) is 21.1 Å². The summed E-state index contributed by atoms with van der Waals surface area (Å²) >= 11 is 0. The van der Waals surface area contributed by atoms with Gasteiger partial charge in [0.05, 0.1) is 7.11 Å². The highest BCUT2D eigenvalue weighted by atomic mass is 32.2. The minimum absolute atomic E-state index is 0.0734. The molecule has 0 aliphatic carbocycles. The van der Waals surface area contributed by atoms with Crippen LogP contribution < -0.4 is 14.4 Å². The highest BCUT2D eigenvalue weighted by molar-refractivity contribution is 7.87. The van der Waals surface area contributed by atoms with Gasteiger partial charge < -0.3 is 9.64 Å². The molecule has 29 heavy (non-hydrogen) atoms. The summed E-state index contributed by atoms with van der Waals surface area (Å²) in [6.07, 6.45) is 0.959. The summed E-state index contributed by atoms with van der Waals surface area (Å²) in [5, 5.41) is 0. The minimum Gasteiger partial charge on any atom is -0.497 e. The summed E-state index contributed by atoms with van der Waals surface area (Å²) in [6.45, 7) is 7.99.